The van der Waals surface area contributed by atoms with E-state index in [2.05, 4.69) is 0 Å². The van der Waals surface area contributed by atoms with Crippen LogP contribution in [0.4, 0.5) is 18.9 Å². The summed E-state index contributed by atoms with van der Waals surface area (Å²) >= 11 is 7.05. The first kappa shape index (κ1) is 13.2. The number of rotatable bonds is 1. The Morgan fingerprint density at radius 2 is 1.89 bits per heavy atom. The molecule has 0 aliphatic rings. The minimum atomic E-state index is -4.41. The highest BCUT2D eigenvalue weighted by molar-refractivity contribution is 7.14. The molecule has 1 nitrogen and oxygen atoms in total. The van der Waals surface area contributed by atoms with E-state index in [0.29, 0.717) is 15.5 Å². The van der Waals surface area contributed by atoms with Crippen molar-refractivity contribution in [1.82, 2.24) is 0 Å². The zero-order valence-electron chi connectivity index (χ0n) is 9.31. The predicted octanol–water partition coefficient (Wildman–Crippen LogP) is 4.98. The van der Waals surface area contributed by atoms with Gasteiger partial charge in [-0.15, -0.1) is 11.3 Å². The molecule has 1 aromatic carbocycles. The molecule has 0 radical (unpaired) electrons. The molecule has 2 aromatic rings. The first-order valence-corrected chi connectivity index (χ1v) is 6.26. The average molecular weight is 292 g/mol. The van der Waals surface area contributed by atoms with Crippen LogP contribution < -0.4 is 5.73 Å². The second kappa shape index (κ2) is 4.48. The number of anilines is 1. The zero-order chi connectivity index (χ0) is 13.5. The van der Waals surface area contributed by atoms with E-state index in [-0.39, 0.29) is 11.3 Å². The lowest BCUT2D eigenvalue weighted by molar-refractivity contribution is -0.137. The van der Waals surface area contributed by atoms with Crippen molar-refractivity contribution < 1.29 is 13.2 Å². The van der Waals surface area contributed by atoms with Crippen LogP contribution in [0.25, 0.3) is 10.4 Å². The van der Waals surface area contributed by atoms with E-state index in [0.717, 1.165) is 6.07 Å². The molecule has 0 saturated carbocycles. The van der Waals surface area contributed by atoms with Gasteiger partial charge in [0.2, 0.25) is 0 Å². The van der Waals surface area contributed by atoms with Crippen molar-refractivity contribution in [3.8, 4) is 10.4 Å². The van der Waals surface area contributed by atoms with E-state index in [1.165, 1.54) is 24.3 Å². The zero-order valence-corrected chi connectivity index (χ0v) is 10.9. The highest BCUT2D eigenvalue weighted by atomic mass is 35.5. The molecular formula is C12H9ClF3NS. The molecule has 0 fully saturated rings. The van der Waals surface area contributed by atoms with Crippen molar-refractivity contribution in [2.24, 2.45) is 0 Å². The van der Waals surface area contributed by atoms with E-state index >= 15 is 0 Å². The van der Waals surface area contributed by atoms with Crippen LogP contribution in [-0.4, -0.2) is 0 Å². The maximum Gasteiger partial charge on any atom is 0.416 e. The Morgan fingerprint density at radius 1 is 1.22 bits per heavy atom. The molecule has 2 N–H and O–H groups in total. The smallest absolute Gasteiger partial charge is 0.398 e. The van der Waals surface area contributed by atoms with Crippen molar-refractivity contribution in [1.29, 1.82) is 0 Å². The summed E-state index contributed by atoms with van der Waals surface area (Å²) in [5.74, 6) is 0. The minimum absolute atomic E-state index is 0.0499. The minimum Gasteiger partial charge on any atom is -0.398 e. The summed E-state index contributed by atoms with van der Waals surface area (Å²) in [7, 11) is 0. The Kier molecular flexibility index (Phi) is 3.29. The molecule has 2 rings (SSSR count). The van der Waals surface area contributed by atoms with Gasteiger partial charge in [0.25, 0.3) is 0 Å². The van der Waals surface area contributed by atoms with Gasteiger partial charge in [-0.3, -0.25) is 0 Å². The van der Waals surface area contributed by atoms with Gasteiger partial charge in [-0.1, -0.05) is 11.6 Å². The van der Waals surface area contributed by atoms with Crippen LogP contribution in [0.2, 0.25) is 5.02 Å². The Bertz CT molecular complexity index is 589. The summed E-state index contributed by atoms with van der Waals surface area (Å²) in [6.45, 7) is 1.36. The number of hydrogen-bond donors (Lipinski definition) is 1. The molecule has 1 aromatic heterocycles. The van der Waals surface area contributed by atoms with Crippen LogP contribution >= 0.6 is 22.9 Å². The third-order valence-corrected chi connectivity index (χ3v) is 3.93. The summed E-state index contributed by atoms with van der Waals surface area (Å²) in [4.78, 5) is 0.664. The number of halogens is 4. The second-order valence-electron chi connectivity index (χ2n) is 3.86. The largest absolute Gasteiger partial charge is 0.416 e. The SMILES string of the molecule is Cc1c(N)cc(-c2cc(Cl)cs2)cc1C(F)(F)F. The van der Waals surface area contributed by atoms with E-state index in [1.807, 2.05) is 0 Å². The molecule has 0 atom stereocenters. The molecule has 0 bridgehead atoms. The first-order chi connectivity index (χ1) is 8.29. The highest BCUT2D eigenvalue weighted by Crippen LogP contribution is 2.39. The average Bonchev–Trinajstić information content (AvgIpc) is 2.67. The lowest BCUT2D eigenvalue weighted by Gasteiger charge is -2.14. The fraction of sp³-hybridized carbons (Fsp3) is 0.167. The van der Waals surface area contributed by atoms with Crippen molar-refractivity contribution >= 4 is 28.6 Å². The Balaban J connectivity index is 2.61. The topological polar surface area (TPSA) is 26.0 Å². The van der Waals surface area contributed by atoms with E-state index < -0.39 is 11.7 Å². The van der Waals surface area contributed by atoms with Gasteiger partial charge in [0.1, 0.15) is 0 Å². The normalized spacial score (nSPS) is 11.8. The summed E-state index contributed by atoms with van der Waals surface area (Å²) in [6, 6.07) is 4.26. The molecule has 0 unspecified atom stereocenters. The monoisotopic (exact) mass is 291 g/mol. The van der Waals surface area contributed by atoms with Gasteiger partial charge in [0, 0.05) is 15.9 Å². The summed E-state index contributed by atoms with van der Waals surface area (Å²) < 4.78 is 38.6. The molecule has 0 spiro atoms. The number of thiophene rings is 1. The van der Waals surface area contributed by atoms with Crippen molar-refractivity contribution in [2.45, 2.75) is 13.1 Å². The molecule has 0 aliphatic heterocycles. The summed E-state index contributed by atoms with van der Waals surface area (Å²) in [5, 5.41) is 2.17. The molecule has 1 heterocycles. The van der Waals surface area contributed by atoms with Crippen LogP contribution in [0.15, 0.2) is 23.6 Å². The van der Waals surface area contributed by atoms with E-state index in [4.69, 9.17) is 17.3 Å². The maximum absolute atomic E-state index is 12.9. The van der Waals surface area contributed by atoms with Crippen molar-refractivity contribution in [3.63, 3.8) is 0 Å². The van der Waals surface area contributed by atoms with Gasteiger partial charge in [0.15, 0.2) is 0 Å². The molecule has 0 saturated heterocycles. The fourth-order valence-corrected chi connectivity index (χ4v) is 2.70. The van der Waals surface area contributed by atoms with Gasteiger partial charge in [0.05, 0.1) is 10.6 Å². The molecular weight excluding hydrogens is 283 g/mol. The van der Waals surface area contributed by atoms with Crippen molar-refractivity contribution in [3.05, 3.63) is 39.7 Å². The number of nitrogens with two attached hydrogens (primary N) is 1. The standard InChI is InChI=1S/C12H9ClF3NS/c1-6-9(12(14,15)16)2-7(3-10(6)17)11-4-8(13)5-18-11/h2-5H,17H2,1H3. The third-order valence-electron chi connectivity index (χ3n) is 2.61. The van der Waals surface area contributed by atoms with Crippen LogP contribution in [0.1, 0.15) is 11.1 Å². The highest BCUT2D eigenvalue weighted by Gasteiger charge is 2.33. The molecule has 0 aliphatic carbocycles. The predicted molar refractivity (Wildman–Crippen MR) is 68.9 cm³/mol. The van der Waals surface area contributed by atoms with E-state index in [9.17, 15) is 13.2 Å². The molecule has 0 amide bonds. The van der Waals surface area contributed by atoms with Gasteiger partial charge >= 0.3 is 6.18 Å². The van der Waals surface area contributed by atoms with Gasteiger partial charge < -0.3 is 5.73 Å². The lowest BCUT2D eigenvalue weighted by Crippen LogP contribution is -2.09. The number of hydrogen-bond acceptors (Lipinski definition) is 2. The first-order valence-electron chi connectivity index (χ1n) is 5.01. The maximum atomic E-state index is 12.9. The summed E-state index contributed by atoms with van der Waals surface area (Å²) in [5.41, 5.74) is 5.54. The van der Waals surface area contributed by atoms with Gasteiger partial charge in [-0.05, 0) is 36.2 Å². The van der Waals surface area contributed by atoms with Gasteiger partial charge in [-0.25, -0.2) is 0 Å². The van der Waals surface area contributed by atoms with Crippen LogP contribution in [-0.2, 0) is 6.18 Å². The Hall–Kier alpha value is -1.20. The number of benzene rings is 1. The molecule has 96 valence electrons. The third kappa shape index (κ3) is 2.47. The van der Waals surface area contributed by atoms with Crippen molar-refractivity contribution in [2.75, 3.05) is 5.73 Å². The van der Waals surface area contributed by atoms with Crippen LogP contribution in [0, 0.1) is 6.92 Å². The molecule has 18 heavy (non-hydrogen) atoms. The Labute approximate surface area is 111 Å². The Morgan fingerprint density at radius 3 is 2.39 bits per heavy atom. The number of nitrogen functional groups attached to an aromatic ring is 1. The summed E-state index contributed by atoms with van der Waals surface area (Å²) in [6.07, 6.45) is -4.41. The van der Waals surface area contributed by atoms with Crippen LogP contribution in [0.3, 0.4) is 0 Å². The molecule has 6 heteroatoms. The van der Waals surface area contributed by atoms with E-state index in [1.54, 1.807) is 11.4 Å². The van der Waals surface area contributed by atoms with Crippen LogP contribution in [0.5, 0.6) is 0 Å². The fourth-order valence-electron chi connectivity index (χ4n) is 1.64. The quantitative estimate of drug-likeness (QED) is 0.737. The second-order valence-corrected chi connectivity index (χ2v) is 5.21. The lowest BCUT2D eigenvalue weighted by atomic mass is 10.0. The van der Waals surface area contributed by atoms with Gasteiger partial charge in [-0.2, -0.15) is 13.2 Å². The number of alkyl halides is 3.